The average molecular weight is 1280 g/mol. The Morgan fingerprint density at radius 1 is 0.214 bits per heavy atom. The Balaban J connectivity index is 0.000000132. The maximum Gasteiger partial charge on any atom is 2.00 e. The second-order valence-electron chi connectivity index (χ2n) is 19.6. The summed E-state index contributed by atoms with van der Waals surface area (Å²) < 4.78 is 22.0. The zero-order valence-corrected chi connectivity index (χ0v) is 51.8. The molecular formula is C76H52Cl2O4Zr2-2. The first kappa shape index (κ1) is 60.3. The Kier molecular flexibility index (Phi) is 20.3. The standard InChI is InChI=1S/4C19H13O.2ClH.2Zr/c4*1-2-6-14(7-3-1)17-9-4-8-15-12-16(13-18(15)17)19-10-5-11-20-19;;;;/h4*1-13H;2*1H;;/q4*-1;;;2*+2/p-2. The van der Waals surface area contributed by atoms with Crippen LogP contribution in [0.4, 0.5) is 0 Å². The Bertz CT molecular complexity index is 3960. The Morgan fingerprint density at radius 2 is 0.429 bits per heavy atom. The first-order valence-corrected chi connectivity index (χ1v) is 26.8. The van der Waals surface area contributed by atoms with Gasteiger partial charge in [0.1, 0.15) is 0 Å². The maximum atomic E-state index is 5.49. The fraction of sp³-hybridized carbons (Fsp3) is 0. The quantitative estimate of drug-likeness (QED) is 0.142. The summed E-state index contributed by atoms with van der Waals surface area (Å²) in [5.74, 6) is 3.67. The summed E-state index contributed by atoms with van der Waals surface area (Å²) in [6.07, 6.45) is 6.85. The fourth-order valence-corrected chi connectivity index (χ4v) is 10.8. The smallest absolute Gasteiger partial charge is 1.00 e. The van der Waals surface area contributed by atoms with E-state index in [4.69, 9.17) is 17.7 Å². The third-order valence-corrected chi connectivity index (χ3v) is 14.6. The van der Waals surface area contributed by atoms with Crippen LogP contribution < -0.4 is 24.8 Å². The zero-order valence-electron chi connectivity index (χ0n) is 45.4. The first-order valence-electron chi connectivity index (χ1n) is 26.8. The molecule has 0 N–H and O–H groups in total. The third kappa shape index (κ3) is 13.2. The largest absolute Gasteiger partial charge is 2.00 e. The minimum atomic E-state index is 0. The van der Waals surface area contributed by atoms with Gasteiger partial charge in [-0.15, -0.1) is 116 Å². The molecule has 0 spiro atoms. The molecule has 0 saturated heterocycles. The topological polar surface area (TPSA) is 52.6 Å². The van der Waals surface area contributed by atoms with E-state index in [1.807, 2.05) is 72.8 Å². The summed E-state index contributed by atoms with van der Waals surface area (Å²) in [6, 6.07) is 101. The van der Waals surface area contributed by atoms with Crippen molar-refractivity contribution in [3.63, 3.8) is 0 Å². The maximum absolute atomic E-state index is 5.49. The molecule has 4 nitrogen and oxygen atoms in total. The molecule has 0 radical (unpaired) electrons. The molecule has 0 aliphatic carbocycles. The van der Waals surface area contributed by atoms with Gasteiger partial charge in [0.15, 0.2) is 0 Å². The van der Waals surface area contributed by atoms with E-state index in [1.54, 1.807) is 25.1 Å². The van der Waals surface area contributed by atoms with Crippen LogP contribution >= 0.6 is 0 Å². The van der Waals surface area contributed by atoms with Gasteiger partial charge in [0.05, 0.1) is 48.1 Å². The third-order valence-electron chi connectivity index (χ3n) is 14.6. The molecule has 0 amide bonds. The van der Waals surface area contributed by atoms with E-state index in [0.717, 1.165) is 45.3 Å². The van der Waals surface area contributed by atoms with E-state index < -0.39 is 0 Å². The van der Waals surface area contributed by atoms with Gasteiger partial charge in [-0.05, 0) is 46.5 Å². The normalized spacial score (nSPS) is 10.5. The van der Waals surface area contributed by atoms with Gasteiger partial charge in [0, 0.05) is 0 Å². The molecule has 0 atom stereocenters. The van der Waals surface area contributed by atoms with Crippen molar-refractivity contribution in [3.8, 4) is 89.8 Å². The van der Waals surface area contributed by atoms with Crippen LogP contribution in [0.1, 0.15) is 0 Å². The van der Waals surface area contributed by atoms with Crippen molar-refractivity contribution in [1.82, 2.24) is 0 Å². The van der Waals surface area contributed by atoms with Gasteiger partial charge >= 0.3 is 52.4 Å². The second-order valence-corrected chi connectivity index (χ2v) is 19.6. The van der Waals surface area contributed by atoms with E-state index in [2.05, 4.69) is 218 Å². The van der Waals surface area contributed by atoms with Gasteiger partial charge in [-0.1, -0.05) is 239 Å². The predicted molar refractivity (Wildman–Crippen MR) is 331 cm³/mol. The van der Waals surface area contributed by atoms with Crippen molar-refractivity contribution in [2.45, 2.75) is 0 Å². The molecule has 16 rings (SSSR count). The van der Waals surface area contributed by atoms with Crippen molar-refractivity contribution in [2.24, 2.45) is 0 Å². The molecule has 8 heteroatoms. The average Bonchev–Trinajstić information content (AvgIpc) is 3.50. The van der Waals surface area contributed by atoms with Crippen molar-refractivity contribution < 1.29 is 94.9 Å². The van der Waals surface area contributed by atoms with Crippen LogP contribution in [-0.4, -0.2) is 0 Å². The zero-order chi connectivity index (χ0) is 53.5. The van der Waals surface area contributed by atoms with Crippen LogP contribution in [0.3, 0.4) is 0 Å². The van der Waals surface area contributed by atoms with Crippen molar-refractivity contribution in [3.05, 3.63) is 316 Å². The Hall–Kier alpha value is -8.33. The Morgan fingerprint density at radius 3 is 0.619 bits per heavy atom. The summed E-state index contributed by atoms with van der Waals surface area (Å²) in [7, 11) is 0. The van der Waals surface area contributed by atoms with Crippen LogP contribution in [0, 0.1) is 0 Å². The predicted octanol–water partition coefficient (Wildman–Crippen LogP) is 15.9. The number of fused-ring (bicyclic) bond motifs is 4. The minimum absolute atomic E-state index is 0. The number of rotatable bonds is 8. The van der Waals surface area contributed by atoms with Gasteiger partial charge in [-0.3, -0.25) is 0 Å². The molecule has 0 saturated carbocycles. The van der Waals surface area contributed by atoms with Gasteiger partial charge in [0.2, 0.25) is 0 Å². The number of hydrogen-bond donors (Lipinski definition) is 0. The second kappa shape index (κ2) is 28.3. The monoisotopic (exact) mass is 1280 g/mol. The van der Waals surface area contributed by atoms with Crippen LogP contribution in [0.2, 0.25) is 0 Å². The first-order chi connectivity index (χ1) is 39.7. The van der Waals surface area contributed by atoms with Gasteiger partial charge in [-0.2, -0.15) is 0 Å². The molecule has 0 unspecified atom stereocenters. The fourth-order valence-electron chi connectivity index (χ4n) is 10.8. The Labute approximate surface area is 539 Å². The summed E-state index contributed by atoms with van der Waals surface area (Å²) in [4.78, 5) is 0. The summed E-state index contributed by atoms with van der Waals surface area (Å²) in [5, 5.41) is 10.1. The molecular weight excluding hydrogens is 1230 g/mol. The molecule has 12 aromatic carbocycles. The number of hydrogen-bond acceptors (Lipinski definition) is 4. The molecule has 0 aliphatic heterocycles. The molecule has 0 bridgehead atoms. The molecule has 4 aromatic heterocycles. The number of furan rings is 4. The molecule has 16 aromatic rings. The van der Waals surface area contributed by atoms with E-state index in [1.165, 1.54) is 87.6 Å². The van der Waals surface area contributed by atoms with E-state index in [9.17, 15) is 0 Å². The van der Waals surface area contributed by atoms with E-state index in [0.29, 0.717) is 0 Å². The van der Waals surface area contributed by atoms with Crippen molar-refractivity contribution in [1.29, 1.82) is 0 Å². The SMILES string of the molecule is [Cl-].[Cl-].[Zr+2].[Zr+2].c1ccc(-c2cccc3[cH-]c(-c4ccco4)cc23)cc1.c1ccc(-c2cccc3[cH-]c(-c4ccco4)cc23)cc1.c1ccc(-c2cccc3[cH-]c(-c4ccco4)cc23)cc1.c1ccc(-c2cccc3[cH-]c(-c4ccco4)cc23)cc1. The van der Waals surface area contributed by atoms with Gasteiger partial charge in [-0.25, -0.2) is 0 Å². The summed E-state index contributed by atoms with van der Waals surface area (Å²) >= 11 is 0. The molecule has 0 fully saturated rings. The molecule has 404 valence electrons. The van der Waals surface area contributed by atoms with Crippen LogP contribution in [0.25, 0.3) is 133 Å². The number of halogens is 2. The van der Waals surface area contributed by atoms with Crippen molar-refractivity contribution >= 4 is 43.1 Å². The van der Waals surface area contributed by atoms with Crippen LogP contribution in [0.15, 0.2) is 334 Å². The van der Waals surface area contributed by atoms with Gasteiger partial charge in [0.25, 0.3) is 0 Å². The summed E-state index contributed by atoms with van der Waals surface area (Å²) in [5.41, 5.74) is 14.6. The summed E-state index contributed by atoms with van der Waals surface area (Å²) in [6.45, 7) is 0. The minimum Gasteiger partial charge on any atom is -1.00 e. The van der Waals surface area contributed by atoms with Crippen LogP contribution in [-0.2, 0) is 52.4 Å². The van der Waals surface area contributed by atoms with E-state index in [-0.39, 0.29) is 77.2 Å². The van der Waals surface area contributed by atoms with Crippen molar-refractivity contribution in [2.75, 3.05) is 0 Å². The van der Waals surface area contributed by atoms with Gasteiger partial charge < -0.3 is 42.5 Å². The molecule has 84 heavy (non-hydrogen) atoms. The molecule has 0 aliphatic rings. The number of benzene rings is 8. The van der Waals surface area contributed by atoms with E-state index >= 15 is 0 Å². The molecule has 4 heterocycles. The van der Waals surface area contributed by atoms with Crippen LogP contribution in [0.5, 0.6) is 0 Å².